The fourth-order valence-electron chi connectivity index (χ4n) is 2.82. The van der Waals surface area contributed by atoms with Gasteiger partial charge in [0.2, 0.25) is 0 Å². The summed E-state index contributed by atoms with van der Waals surface area (Å²) in [4.78, 5) is 0. The lowest BCUT2D eigenvalue weighted by atomic mass is 9.80. The minimum atomic E-state index is -0.781. The monoisotopic (exact) mass is 226 g/mol. The van der Waals surface area contributed by atoms with E-state index in [1.807, 2.05) is 6.08 Å². The molecule has 2 fully saturated rings. The van der Waals surface area contributed by atoms with Gasteiger partial charge in [0.15, 0.2) is 5.79 Å². The molecule has 1 N–H and O–H groups in total. The van der Waals surface area contributed by atoms with Gasteiger partial charge in [0.25, 0.3) is 0 Å². The highest BCUT2D eigenvalue weighted by Gasteiger charge is 2.48. The fraction of sp³-hybridized carbons (Fsp3) is 0.833. The SMILES string of the molecule is OC1(C2=CCCO2)CCC2(CC1)OCCO2. The number of ether oxygens (including phenoxy) is 3. The van der Waals surface area contributed by atoms with Gasteiger partial charge in [-0.25, -0.2) is 0 Å². The summed E-state index contributed by atoms with van der Waals surface area (Å²) in [5.74, 6) is 0.353. The first-order valence-corrected chi connectivity index (χ1v) is 6.06. The van der Waals surface area contributed by atoms with Crippen LogP contribution in [0.2, 0.25) is 0 Å². The summed E-state index contributed by atoms with van der Waals surface area (Å²) >= 11 is 0. The lowest BCUT2D eigenvalue weighted by Crippen LogP contribution is -2.44. The quantitative estimate of drug-likeness (QED) is 0.733. The van der Waals surface area contributed by atoms with Crippen molar-refractivity contribution >= 4 is 0 Å². The molecule has 1 saturated heterocycles. The average Bonchev–Trinajstić information content (AvgIpc) is 2.96. The summed E-state index contributed by atoms with van der Waals surface area (Å²) in [6, 6.07) is 0. The molecule has 3 aliphatic rings. The maximum absolute atomic E-state index is 10.5. The van der Waals surface area contributed by atoms with E-state index >= 15 is 0 Å². The van der Waals surface area contributed by atoms with Gasteiger partial charge in [-0.05, 0) is 18.9 Å². The van der Waals surface area contributed by atoms with Crippen LogP contribution in [-0.2, 0) is 14.2 Å². The lowest BCUT2D eigenvalue weighted by Gasteiger charge is -2.40. The van der Waals surface area contributed by atoms with E-state index in [0.717, 1.165) is 25.0 Å². The molecule has 0 unspecified atom stereocenters. The van der Waals surface area contributed by atoms with Crippen LogP contribution in [0.5, 0.6) is 0 Å². The van der Waals surface area contributed by atoms with E-state index in [0.29, 0.717) is 32.7 Å². The molecule has 0 atom stereocenters. The van der Waals surface area contributed by atoms with E-state index in [1.165, 1.54) is 0 Å². The number of aliphatic hydroxyl groups is 1. The van der Waals surface area contributed by atoms with E-state index in [9.17, 15) is 5.11 Å². The Balaban J connectivity index is 1.69. The van der Waals surface area contributed by atoms with Crippen LogP contribution in [0.3, 0.4) is 0 Å². The summed E-state index contributed by atoms with van der Waals surface area (Å²) in [7, 11) is 0. The third-order valence-electron chi connectivity index (χ3n) is 3.82. The van der Waals surface area contributed by atoms with Crippen molar-refractivity contribution in [2.24, 2.45) is 0 Å². The summed E-state index contributed by atoms with van der Waals surface area (Å²) in [5, 5.41) is 10.5. The molecule has 0 radical (unpaired) electrons. The van der Waals surface area contributed by atoms with Crippen LogP contribution >= 0.6 is 0 Å². The van der Waals surface area contributed by atoms with Gasteiger partial charge in [-0.1, -0.05) is 0 Å². The third-order valence-corrected chi connectivity index (χ3v) is 3.82. The summed E-state index contributed by atoms with van der Waals surface area (Å²) in [6.07, 6.45) is 5.76. The van der Waals surface area contributed by atoms with E-state index < -0.39 is 11.4 Å². The zero-order chi connectivity index (χ0) is 11.1. The van der Waals surface area contributed by atoms with Crippen molar-refractivity contribution in [2.45, 2.75) is 43.5 Å². The molecule has 3 rings (SSSR count). The minimum absolute atomic E-state index is 0.411. The smallest absolute Gasteiger partial charge is 0.168 e. The maximum atomic E-state index is 10.5. The van der Waals surface area contributed by atoms with Crippen LogP contribution in [0.15, 0.2) is 11.8 Å². The predicted octanol–water partition coefficient (Wildman–Crippen LogP) is 1.34. The lowest BCUT2D eigenvalue weighted by molar-refractivity contribution is -0.201. The Morgan fingerprint density at radius 3 is 2.25 bits per heavy atom. The molecule has 1 aliphatic carbocycles. The van der Waals surface area contributed by atoms with Crippen LogP contribution in [0.1, 0.15) is 32.1 Å². The fourth-order valence-corrected chi connectivity index (χ4v) is 2.82. The minimum Gasteiger partial charge on any atom is -0.495 e. The zero-order valence-electron chi connectivity index (χ0n) is 9.41. The van der Waals surface area contributed by atoms with Crippen LogP contribution in [0.25, 0.3) is 0 Å². The van der Waals surface area contributed by atoms with Gasteiger partial charge in [-0.3, -0.25) is 0 Å². The van der Waals surface area contributed by atoms with Crippen molar-refractivity contribution in [3.05, 3.63) is 11.8 Å². The molecule has 2 aliphatic heterocycles. The molecule has 0 amide bonds. The maximum Gasteiger partial charge on any atom is 0.168 e. The van der Waals surface area contributed by atoms with Crippen LogP contribution in [0.4, 0.5) is 0 Å². The van der Waals surface area contributed by atoms with Gasteiger partial charge < -0.3 is 19.3 Å². The first kappa shape index (κ1) is 10.6. The summed E-state index contributed by atoms with van der Waals surface area (Å²) in [5.41, 5.74) is -0.781. The van der Waals surface area contributed by atoms with E-state index in [1.54, 1.807) is 0 Å². The molecule has 0 bridgehead atoms. The van der Waals surface area contributed by atoms with Gasteiger partial charge in [-0.15, -0.1) is 0 Å². The highest BCUT2D eigenvalue weighted by molar-refractivity contribution is 5.15. The first-order chi connectivity index (χ1) is 7.73. The molecule has 2 heterocycles. The standard InChI is InChI=1S/C12H18O4/c13-11(10-2-1-7-14-10)3-5-12(6-4-11)15-8-9-16-12/h2,13H,1,3-9H2. The number of hydrogen-bond donors (Lipinski definition) is 1. The molecule has 16 heavy (non-hydrogen) atoms. The average molecular weight is 226 g/mol. The molecule has 4 nitrogen and oxygen atoms in total. The second-order valence-corrected chi connectivity index (χ2v) is 4.84. The molecular formula is C12H18O4. The van der Waals surface area contributed by atoms with Crippen LogP contribution in [-0.4, -0.2) is 36.3 Å². The normalized spacial score (nSPS) is 31.4. The largest absolute Gasteiger partial charge is 0.495 e. The van der Waals surface area contributed by atoms with Crippen molar-refractivity contribution in [3.63, 3.8) is 0 Å². The molecular weight excluding hydrogens is 208 g/mol. The Kier molecular flexibility index (Phi) is 2.46. The molecule has 0 aromatic heterocycles. The van der Waals surface area contributed by atoms with Crippen LogP contribution in [0, 0.1) is 0 Å². The second-order valence-electron chi connectivity index (χ2n) is 4.84. The first-order valence-electron chi connectivity index (χ1n) is 6.06. The van der Waals surface area contributed by atoms with Crippen molar-refractivity contribution in [1.82, 2.24) is 0 Å². The van der Waals surface area contributed by atoms with E-state index in [4.69, 9.17) is 14.2 Å². The van der Waals surface area contributed by atoms with Crippen molar-refractivity contribution in [3.8, 4) is 0 Å². The second kappa shape index (κ2) is 3.72. The Morgan fingerprint density at radius 2 is 1.69 bits per heavy atom. The Labute approximate surface area is 95.2 Å². The zero-order valence-corrected chi connectivity index (χ0v) is 9.41. The summed E-state index contributed by atoms with van der Waals surface area (Å²) in [6.45, 7) is 2.06. The molecule has 1 spiro atoms. The van der Waals surface area contributed by atoms with Crippen molar-refractivity contribution in [1.29, 1.82) is 0 Å². The van der Waals surface area contributed by atoms with E-state index in [2.05, 4.69) is 0 Å². The Morgan fingerprint density at radius 1 is 1.00 bits per heavy atom. The molecule has 0 aromatic carbocycles. The molecule has 1 saturated carbocycles. The molecule has 90 valence electrons. The Hall–Kier alpha value is -0.580. The van der Waals surface area contributed by atoms with Gasteiger partial charge in [0, 0.05) is 19.3 Å². The van der Waals surface area contributed by atoms with Gasteiger partial charge >= 0.3 is 0 Å². The molecule has 4 heteroatoms. The Bertz CT molecular complexity index is 294. The third kappa shape index (κ3) is 1.65. The topological polar surface area (TPSA) is 47.9 Å². The van der Waals surface area contributed by atoms with Crippen LogP contribution < -0.4 is 0 Å². The van der Waals surface area contributed by atoms with Gasteiger partial charge in [-0.2, -0.15) is 0 Å². The van der Waals surface area contributed by atoms with Crippen molar-refractivity contribution in [2.75, 3.05) is 19.8 Å². The number of rotatable bonds is 1. The highest BCUT2D eigenvalue weighted by Crippen LogP contribution is 2.44. The van der Waals surface area contributed by atoms with Gasteiger partial charge in [0.1, 0.15) is 11.4 Å². The van der Waals surface area contributed by atoms with Crippen molar-refractivity contribution < 1.29 is 19.3 Å². The molecule has 0 aromatic rings. The number of hydrogen-bond acceptors (Lipinski definition) is 4. The highest BCUT2D eigenvalue weighted by atomic mass is 16.7. The predicted molar refractivity (Wildman–Crippen MR) is 56.7 cm³/mol. The summed E-state index contributed by atoms with van der Waals surface area (Å²) < 4.78 is 16.8. The van der Waals surface area contributed by atoms with Gasteiger partial charge in [0.05, 0.1) is 19.8 Å². The van der Waals surface area contributed by atoms with E-state index in [-0.39, 0.29) is 0 Å².